The molecule has 0 fully saturated rings. The highest BCUT2D eigenvalue weighted by molar-refractivity contribution is 7.92. The summed E-state index contributed by atoms with van der Waals surface area (Å²) in [5.41, 5.74) is -0.0977. The predicted molar refractivity (Wildman–Crippen MR) is 82.1 cm³/mol. The Labute approximate surface area is 135 Å². The monoisotopic (exact) mass is 347 g/mol. The summed E-state index contributed by atoms with van der Waals surface area (Å²) in [5.74, 6) is -1.17. The molecule has 0 unspecified atom stereocenters. The van der Waals surface area contributed by atoms with Gasteiger partial charge in [0.1, 0.15) is 0 Å². The molecule has 3 rings (SSSR count). The summed E-state index contributed by atoms with van der Waals surface area (Å²) in [6, 6.07) is 8.42. The second-order valence-electron chi connectivity index (χ2n) is 4.90. The second kappa shape index (κ2) is 5.42. The minimum absolute atomic E-state index is 0.0549. The summed E-state index contributed by atoms with van der Waals surface area (Å²) in [7, 11) is -4.09. The molecule has 2 amide bonds. The SMILES string of the molecule is O=C1NC(=O)c2cc(NS(=O)(=O)c3cccc([N+](=O)[O-])c3)ccc21. The highest BCUT2D eigenvalue weighted by Gasteiger charge is 2.27. The number of benzene rings is 2. The Morgan fingerprint density at radius 3 is 2.42 bits per heavy atom. The maximum absolute atomic E-state index is 12.3. The molecule has 0 aliphatic carbocycles. The van der Waals surface area contributed by atoms with Gasteiger partial charge in [-0.05, 0) is 24.3 Å². The second-order valence-corrected chi connectivity index (χ2v) is 6.59. The number of carbonyl (C=O) groups is 2. The Kier molecular flexibility index (Phi) is 3.53. The first-order valence-corrected chi connectivity index (χ1v) is 8.03. The van der Waals surface area contributed by atoms with E-state index in [1.165, 1.54) is 36.4 Å². The van der Waals surface area contributed by atoms with E-state index in [1.54, 1.807) is 0 Å². The lowest BCUT2D eigenvalue weighted by molar-refractivity contribution is -0.385. The molecule has 1 aliphatic rings. The van der Waals surface area contributed by atoms with Crippen LogP contribution in [0.5, 0.6) is 0 Å². The topological polar surface area (TPSA) is 135 Å². The molecular formula is C14H9N3O6S. The summed E-state index contributed by atoms with van der Waals surface area (Å²) in [6.07, 6.45) is 0. The molecule has 0 spiro atoms. The molecule has 122 valence electrons. The molecule has 0 atom stereocenters. The van der Waals surface area contributed by atoms with Gasteiger partial charge in [-0.2, -0.15) is 0 Å². The number of amides is 2. The van der Waals surface area contributed by atoms with Crippen LogP contribution >= 0.6 is 0 Å². The first kappa shape index (κ1) is 15.6. The molecule has 1 aliphatic heterocycles. The summed E-state index contributed by atoms with van der Waals surface area (Å²) >= 11 is 0. The van der Waals surface area contributed by atoms with E-state index in [4.69, 9.17) is 0 Å². The summed E-state index contributed by atoms with van der Waals surface area (Å²) < 4.78 is 26.9. The number of sulfonamides is 1. The third-order valence-corrected chi connectivity index (χ3v) is 4.71. The van der Waals surface area contributed by atoms with Crippen molar-refractivity contribution in [1.29, 1.82) is 0 Å². The number of nitrogens with one attached hydrogen (secondary N) is 2. The van der Waals surface area contributed by atoms with E-state index < -0.39 is 26.8 Å². The fourth-order valence-corrected chi connectivity index (χ4v) is 3.30. The molecule has 9 nitrogen and oxygen atoms in total. The Bertz CT molecular complexity index is 999. The number of carbonyl (C=O) groups excluding carboxylic acids is 2. The number of nitrogens with zero attached hydrogens (tertiary/aromatic N) is 1. The average molecular weight is 347 g/mol. The van der Waals surface area contributed by atoms with Crippen molar-refractivity contribution in [2.45, 2.75) is 4.90 Å². The molecule has 1 heterocycles. The molecule has 0 saturated heterocycles. The van der Waals surface area contributed by atoms with Gasteiger partial charge < -0.3 is 0 Å². The zero-order valence-corrected chi connectivity index (χ0v) is 12.7. The van der Waals surface area contributed by atoms with Crippen molar-refractivity contribution in [1.82, 2.24) is 5.32 Å². The number of hydrogen-bond acceptors (Lipinski definition) is 6. The summed E-state index contributed by atoms with van der Waals surface area (Å²) in [5, 5.41) is 12.8. The van der Waals surface area contributed by atoms with E-state index in [0.717, 1.165) is 6.07 Å². The number of hydrogen-bond donors (Lipinski definition) is 2. The van der Waals surface area contributed by atoms with Crippen molar-refractivity contribution >= 4 is 33.2 Å². The van der Waals surface area contributed by atoms with Crippen LogP contribution in [-0.2, 0) is 10.0 Å². The smallest absolute Gasteiger partial charge is 0.270 e. The Morgan fingerprint density at radius 1 is 1.00 bits per heavy atom. The highest BCUT2D eigenvalue weighted by atomic mass is 32.2. The highest BCUT2D eigenvalue weighted by Crippen LogP contribution is 2.24. The van der Waals surface area contributed by atoms with Crippen LogP contribution in [0.15, 0.2) is 47.4 Å². The van der Waals surface area contributed by atoms with Gasteiger partial charge in [0.15, 0.2) is 0 Å². The number of anilines is 1. The van der Waals surface area contributed by atoms with E-state index in [9.17, 15) is 28.1 Å². The standard InChI is InChI=1S/C14H9N3O6S/c18-13-11-5-4-8(6-12(11)14(19)15-13)16-24(22,23)10-3-1-2-9(7-10)17(20)21/h1-7,16H,(H,15,18,19). The van der Waals surface area contributed by atoms with Crippen LogP contribution in [0, 0.1) is 10.1 Å². The maximum Gasteiger partial charge on any atom is 0.270 e. The van der Waals surface area contributed by atoms with Gasteiger partial charge in [-0.1, -0.05) is 6.07 Å². The molecule has 2 aromatic rings. The van der Waals surface area contributed by atoms with Crippen molar-refractivity contribution < 1.29 is 22.9 Å². The average Bonchev–Trinajstić information content (AvgIpc) is 2.81. The van der Waals surface area contributed by atoms with Crippen molar-refractivity contribution in [3.63, 3.8) is 0 Å². The van der Waals surface area contributed by atoms with Crippen LogP contribution in [-0.4, -0.2) is 25.2 Å². The zero-order valence-electron chi connectivity index (χ0n) is 11.8. The van der Waals surface area contributed by atoms with Crippen LogP contribution in [0.25, 0.3) is 0 Å². The fraction of sp³-hybridized carbons (Fsp3) is 0. The first-order valence-electron chi connectivity index (χ1n) is 6.55. The van der Waals surface area contributed by atoms with Gasteiger partial charge >= 0.3 is 0 Å². The van der Waals surface area contributed by atoms with Gasteiger partial charge in [0, 0.05) is 17.8 Å². The largest absolute Gasteiger partial charge is 0.288 e. The Morgan fingerprint density at radius 2 is 1.71 bits per heavy atom. The van der Waals surface area contributed by atoms with E-state index in [0.29, 0.717) is 0 Å². The van der Waals surface area contributed by atoms with Crippen LogP contribution in [0.3, 0.4) is 0 Å². The lowest BCUT2D eigenvalue weighted by atomic mass is 10.1. The lowest BCUT2D eigenvalue weighted by Crippen LogP contribution is -2.19. The molecule has 10 heteroatoms. The molecular weight excluding hydrogens is 338 g/mol. The number of nitro groups is 1. The van der Waals surface area contributed by atoms with E-state index in [-0.39, 0.29) is 27.4 Å². The number of fused-ring (bicyclic) bond motifs is 1. The molecule has 0 radical (unpaired) electrons. The van der Waals surface area contributed by atoms with Gasteiger partial charge in [-0.15, -0.1) is 0 Å². The Hall–Kier alpha value is -3.27. The normalized spacial score (nSPS) is 13.3. The van der Waals surface area contributed by atoms with Gasteiger partial charge in [0.2, 0.25) is 0 Å². The van der Waals surface area contributed by atoms with E-state index in [2.05, 4.69) is 10.0 Å². The van der Waals surface area contributed by atoms with E-state index >= 15 is 0 Å². The van der Waals surface area contributed by atoms with Gasteiger partial charge in [0.25, 0.3) is 27.5 Å². The van der Waals surface area contributed by atoms with Crippen LogP contribution < -0.4 is 10.0 Å². The number of rotatable bonds is 4. The third kappa shape index (κ3) is 2.70. The van der Waals surface area contributed by atoms with Gasteiger partial charge in [0.05, 0.1) is 20.9 Å². The molecule has 2 aromatic carbocycles. The number of non-ortho nitro benzene ring substituents is 1. The summed E-state index contributed by atoms with van der Waals surface area (Å²) in [6.45, 7) is 0. The minimum Gasteiger partial charge on any atom is -0.288 e. The maximum atomic E-state index is 12.3. The minimum atomic E-state index is -4.09. The fourth-order valence-electron chi connectivity index (χ4n) is 2.21. The number of nitro benzene ring substituents is 1. The van der Waals surface area contributed by atoms with Crippen molar-refractivity contribution in [3.05, 3.63) is 63.7 Å². The number of imide groups is 1. The van der Waals surface area contributed by atoms with Crippen molar-refractivity contribution in [3.8, 4) is 0 Å². The van der Waals surface area contributed by atoms with Crippen LogP contribution in [0.1, 0.15) is 20.7 Å². The van der Waals surface area contributed by atoms with Gasteiger partial charge in [-0.25, -0.2) is 8.42 Å². The third-order valence-electron chi connectivity index (χ3n) is 3.33. The predicted octanol–water partition coefficient (Wildman–Crippen LogP) is 1.28. The van der Waals surface area contributed by atoms with Crippen molar-refractivity contribution in [2.24, 2.45) is 0 Å². The first-order chi connectivity index (χ1) is 11.3. The molecule has 24 heavy (non-hydrogen) atoms. The summed E-state index contributed by atoms with van der Waals surface area (Å²) in [4.78, 5) is 32.8. The zero-order chi connectivity index (χ0) is 17.5. The van der Waals surface area contributed by atoms with Crippen LogP contribution in [0.4, 0.5) is 11.4 Å². The van der Waals surface area contributed by atoms with E-state index in [1.807, 2.05) is 0 Å². The van der Waals surface area contributed by atoms with Crippen molar-refractivity contribution in [2.75, 3.05) is 4.72 Å². The molecule has 0 aromatic heterocycles. The molecule has 2 N–H and O–H groups in total. The van der Waals surface area contributed by atoms with Gasteiger partial charge in [-0.3, -0.25) is 29.7 Å². The quantitative estimate of drug-likeness (QED) is 0.486. The van der Waals surface area contributed by atoms with Crippen LogP contribution in [0.2, 0.25) is 0 Å². The Balaban J connectivity index is 1.95. The molecule has 0 saturated carbocycles. The molecule has 0 bridgehead atoms. The lowest BCUT2D eigenvalue weighted by Gasteiger charge is -2.08.